The SMILES string of the molecule is CC1Cn2c(nccc2=O)S1. The molecule has 4 heteroatoms. The molecule has 1 aromatic heterocycles. The van der Waals surface area contributed by atoms with Crippen LogP contribution in [0.2, 0.25) is 0 Å². The van der Waals surface area contributed by atoms with E-state index >= 15 is 0 Å². The van der Waals surface area contributed by atoms with Gasteiger partial charge in [-0.05, 0) is 0 Å². The highest BCUT2D eigenvalue weighted by Gasteiger charge is 2.19. The van der Waals surface area contributed by atoms with E-state index in [0.29, 0.717) is 5.25 Å². The summed E-state index contributed by atoms with van der Waals surface area (Å²) in [6.45, 7) is 2.89. The molecule has 0 saturated carbocycles. The van der Waals surface area contributed by atoms with E-state index in [0.717, 1.165) is 11.7 Å². The summed E-state index contributed by atoms with van der Waals surface area (Å²) in [6.07, 6.45) is 1.57. The largest absolute Gasteiger partial charge is 0.287 e. The first-order chi connectivity index (χ1) is 5.27. The van der Waals surface area contributed by atoms with Gasteiger partial charge in [-0.25, -0.2) is 4.98 Å². The second kappa shape index (κ2) is 2.37. The molecule has 0 N–H and O–H groups in total. The van der Waals surface area contributed by atoms with Crippen LogP contribution in [0.3, 0.4) is 0 Å². The third-order valence-corrected chi connectivity index (χ3v) is 2.73. The van der Waals surface area contributed by atoms with Gasteiger partial charge in [0.1, 0.15) is 0 Å². The topological polar surface area (TPSA) is 34.9 Å². The predicted octanol–water partition coefficient (Wildman–Crippen LogP) is 0.737. The minimum atomic E-state index is 0.0619. The highest BCUT2D eigenvalue weighted by molar-refractivity contribution is 7.99. The first-order valence-electron chi connectivity index (χ1n) is 3.50. The van der Waals surface area contributed by atoms with Gasteiger partial charge < -0.3 is 0 Å². The molecular weight excluding hydrogens is 160 g/mol. The molecule has 0 aromatic carbocycles. The van der Waals surface area contributed by atoms with E-state index in [2.05, 4.69) is 11.9 Å². The molecule has 0 aliphatic carbocycles. The van der Waals surface area contributed by atoms with Crippen molar-refractivity contribution in [3.8, 4) is 0 Å². The van der Waals surface area contributed by atoms with Crippen LogP contribution in [-0.2, 0) is 6.54 Å². The average Bonchev–Trinajstić information content (AvgIpc) is 2.31. The molecule has 1 aromatic rings. The fourth-order valence-electron chi connectivity index (χ4n) is 1.16. The Kier molecular flexibility index (Phi) is 1.49. The van der Waals surface area contributed by atoms with Gasteiger partial charge in [-0.1, -0.05) is 18.7 Å². The van der Waals surface area contributed by atoms with Gasteiger partial charge in [0.15, 0.2) is 5.16 Å². The highest BCUT2D eigenvalue weighted by Crippen LogP contribution is 2.27. The Labute approximate surface area is 68.5 Å². The van der Waals surface area contributed by atoms with E-state index in [1.165, 1.54) is 6.07 Å². The number of thioether (sulfide) groups is 1. The minimum Gasteiger partial charge on any atom is -0.287 e. The Morgan fingerprint density at radius 1 is 1.82 bits per heavy atom. The third-order valence-electron chi connectivity index (χ3n) is 1.65. The smallest absolute Gasteiger partial charge is 0.254 e. The van der Waals surface area contributed by atoms with Crippen LogP contribution < -0.4 is 5.56 Å². The maximum Gasteiger partial charge on any atom is 0.254 e. The lowest BCUT2D eigenvalue weighted by Crippen LogP contribution is -2.19. The van der Waals surface area contributed by atoms with Crippen molar-refractivity contribution in [1.82, 2.24) is 9.55 Å². The first kappa shape index (κ1) is 6.91. The molecule has 0 fully saturated rings. The molecule has 3 nitrogen and oxygen atoms in total. The second-order valence-corrected chi connectivity index (χ2v) is 4.01. The summed E-state index contributed by atoms with van der Waals surface area (Å²) in [4.78, 5) is 15.3. The van der Waals surface area contributed by atoms with Crippen molar-refractivity contribution in [1.29, 1.82) is 0 Å². The third kappa shape index (κ3) is 1.07. The lowest BCUT2D eigenvalue weighted by atomic mass is 10.4. The molecule has 0 amide bonds. The maximum absolute atomic E-state index is 11.2. The van der Waals surface area contributed by atoms with Gasteiger partial charge in [-0.15, -0.1) is 0 Å². The Balaban J connectivity index is 2.58. The molecule has 0 saturated heterocycles. The molecule has 2 heterocycles. The molecule has 1 unspecified atom stereocenters. The predicted molar refractivity (Wildman–Crippen MR) is 43.8 cm³/mol. The fourth-order valence-corrected chi connectivity index (χ4v) is 2.15. The Morgan fingerprint density at radius 2 is 2.64 bits per heavy atom. The molecule has 1 aliphatic rings. The van der Waals surface area contributed by atoms with Crippen LogP contribution in [0, 0.1) is 0 Å². The van der Waals surface area contributed by atoms with E-state index in [4.69, 9.17) is 0 Å². The van der Waals surface area contributed by atoms with Crippen molar-refractivity contribution < 1.29 is 0 Å². The molecule has 0 radical (unpaired) electrons. The fraction of sp³-hybridized carbons (Fsp3) is 0.429. The van der Waals surface area contributed by atoms with Crippen LogP contribution in [0.15, 0.2) is 22.2 Å². The van der Waals surface area contributed by atoms with E-state index in [1.807, 2.05) is 0 Å². The lowest BCUT2D eigenvalue weighted by Gasteiger charge is -1.96. The van der Waals surface area contributed by atoms with Crippen LogP contribution in [0.1, 0.15) is 6.92 Å². The summed E-state index contributed by atoms with van der Waals surface area (Å²) in [5.74, 6) is 0. The van der Waals surface area contributed by atoms with Gasteiger partial charge in [-0.2, -0.15) is 0 Å². The summed E-state index contributed by atoms with van der Waals surface area (Å²) >= 11 is 1.66. The van der Waals surface area contributed by atoms with E-state index in [9.17, 15) is 4.79 Å². The standard InChI is InChI=1S/C7H8N2OS/c1-5-4-9-6(10)2-3-8-7(9)11-5/h2-3,5H,4H2,1H3. The van der Waals surface area contributed by atoms with Gasteiger partial charge in [0.2, 0.25) is 0 Å². The van der Waals surface area contributed by atoms with Crippen molar-refractivity contribution in [2.45, 2.75) is 23.9 Å². The van der Waals surface area contributed by atoms with Crippen LogP contribution in [0.5, 0.6) is 0 Å². The Bertz CT molecular complexity index is 333. The number of aromatic nitrogens is 2. The summed E-state index contributed by atoms with van der Waals surface area (Å²) in [5, 5.41) is 1.34. The van der Waals surface area contributed by atoms with Crippen LogP contribution in [0.4, 0.5) is 0 Å². The number of nitrogens with zero attached hydrogens (tertiary/aromatic N) is 2. The maximum atomic E-state index is 11.2. The van der Waals surface area contributed by atoms with Crippen LogP contribution in [0.25, 0.3) is 0 Å². The first-order valence-corrected chi connectivity index (χ1v) is 4.38. The molecule has 58 valence electrons. The monoisotopic (exact) mass is 168 g/mol. The van der Waals surface area contributed by atoms with Crippen LogP contribution >= 0.6 is 11.8 Å². The van der Waals surface area contributed by atoms with Gasteiger partial charge in [-0.3, -0.25) is 9.36 Å². The summed E-state index contributed by atoms with van der Waals surface area (Å²) in [7, 11) is 0. The number of fused-ring (bicyclic) bond motifs is 1. The molecular formula is C7H8N2OS. The highest BCUT2D eigenvalue weighted by atomic mass is 32.2. The van der Waals surface area contributed by atoms with Gasteiger partial charge in [0, 0.05) is 24.1 Å². The number of rotatable bonds is 0. The molecule has 11 heavy (non-hydrogen) atoms. The van der Waals surface area contributed by atoms with E-state index in [1.54, 1.807) is 22.5 Å². The summed E-state index contributed by atoms with van der Waals surface area (Å²) < 4.78 is 1.72. The minimum absolute atomic E-state index is 0.0619. The Hall–Kier alpha value is -0.770. The van der Waals surface area contributed by atoms with Crippen molar-refractivity contribution in [2.24, 2.45) is 0 Å². The van der Waals surface area contributed by atoms with E-state index < -0.39 is 0 Å². The molecule has 0 bridgehead atoms. The zero-order chi connectivity index (χ0) is 7.84. The van der Waals surface area contributed by atoms with Crippen molar-refractivity contribution >= 4 is 11.8 Å². The van der Waals surface area contributed by atoms with Gasteiger partial charge >= 0.3 is 0 Å². The van der Waals surface area contributed by atoms with Crippen LogP contribution in [-0.4, -0.2) is 14.8 Å². The number of hydrogen-bond acceptors (Lipinski definition) is 3. The molecule has 1 atom stereocenters. The van der Waals surface area contributed by atoms with Crippen molar-refractivity contribution in [3.63, 3.8) is 0 Å². The second-order valence-electron chi connectivity index (χ2n) is 2.60. The van der Waals surface area contributed by atoms with Crippen molar-refractivity contribution in [3.05, 3.63) is 22.6 Å². The van der Waals surface area contributed by atoms with Gasteiger partial charge in [0.05, 0.1) is 0 Å². The zero-order valence-electron chi connectivity index (χ0n) is 6.15. The summed E-state index contributed by atoms with van der Waals surface area (Å²) in [6, 6.07) is 1.50. The molecule has 1 aliphatic heterocycles. The molecule has 2 rings (SSSR count). The zero-order valence-corrected chi connectivity index (χ0v) is 6.97. The van der Waals surface area contributed by atoms with Gasteiger partial charge in [0.25, 0.3) is 5.56 Å². The normalized spacial score (nSPS) is 21.7. The Morgan fingerprint density at radius 3 is 3.36 bits per heavy atom. The molecule has 0 spiro atoms. The van der Waals surface area contributed by atoms with E-state index in [-0.39, 0.29) is 5.56 Å². The van der Waals surface area contributed by atoms with Crippen molar-refractivity contribution in [2.75, 3.05) is 0 Å². The summed E-state index contributed by atoms with van der Waals surface area (Å²) in [5.41, 5.74) is 0.0619. The number of hydrogen-bond donors (Lipinski definition) is 0. The average molecular weight is 168 g/mol. The lowest BCUT2D eigenvalue weighted by molar-refractivity contribution is 0.618. The quantitative estimate of drug-likeness (QED) is 0.536.